The van der Waals surface area contributed by atoms with E-state index in [0.717, 1.165) is 4.47 Å². The fourth-order valence-corrected chi connectivity index (χ4v) is 2.48. The quantitative estimate of drug-likeness (QED) is 0.807. The van der Waals surface area contributed by atoms with Gasteiger partial charge in [-0.25, -0.2) is 0 Å². The Bertz CT molecular complexity index is 765. The van der Waals surface area contributed by atoms with E-state index in [1.165, 1.54) is 14.0 Å². The van der Waals surface area contributed by atoms with Crippen molar-refractivity contribution in [2.24, 2.45) is 0 Å². The van der Waals surface area contributed by atoms with Crippen LogP contribution in [0, 0.1) is 0 Å². The monoisotopic (exact) mass is 396 g/mol. The third-order valence-electron chi connectivity index (χ3n) is 2.95. The lowest BCUT2D eigenvalue weighted by atomic mass is 10.1. The maximum atomic E-state index is 12.5. The van der Waals surface area contributed by atoms with E-state index in [1.807, 2.05) is 0 Å². The molecule has 0 heterocycles. The minimum atomic E-state index is -0.372. The molecule has 0 bridgehead atoms. The molecule has 2 N–H and O–H groups in total. The summed E-state index contributed by atoms with van der Waals surface area (Å²) in [6.07, 6.45) is 0. The molecule has 0 spiro atoms. The highest BCUT2D eigenvalue weighted by Gasteiger charge is 2.15. The van der Waals surface area contributed by atoms with Gasteiger partial charge in [-0.05, 0) is 36.4 Å². The van der Waals surface area contributed by atoms with Crippen LogP contribution in [0.15, 0.2) is 40.9 Å². The molecule has 2 rings (SSSR count). The maximum absolute atomic E-state index is 12.5. The van der Waals surface area contributed by atoms with E-state index >= 15 is 0 Å². The van der Waals surface area contributed by atoms with Crippen LogP contribution < -0.4 is 15.4 Å². The smallest absolute Gasteiger partial charge is 0.259 e. The summed E-state index contributed by atoms with van der Waals surface area (Å²) in [6, 6.07) is 9.91. The normalized spacial score (nSPS) is 10.1. The molecule has 0 saturated carbocycles. The second-order valence-electron chi connectivity index (χ2n) is 4.67. The molecule has 0 atom stereocenters. The summed E-state index contributed by atoms with van der Waals surface area (Å²) in [6.45, 7) is 1.40. The van der Waals surface area contributed by atoms with Crippen molar-refractivity contribution < 1.29 is 14.3 Å². The number of halogens is 2. The predicted molar refractivity (Wildman–Crippen MR) is 94.4 cm³/mol. The molecule has 0 unspecified atom stereocenters. The van der Waals surface area contributed by atoms with E-state index in [0.29, 0.717) is 27.7 Å². The molecule has 2 aromatic carbocycles. The number of hydrogen-bond donors (Lipinski definition) is 2. The number of carbonyl (C=O) groups excluding carboxylic acids is 2. The number of anilines is 2. The Labute approximate surface area is 147 Å². The van der Waals surface area contributed by atoms with Gasteiger partial charge in [-0.3, -0.25) is 9.59 Å². The lowest BCUT2D eigenvalue weighted by molar-refractivity contribution is -0.114. The van der Waals surface area contributed by atoms with Crippen LogP contribution in [0.4, 0.5) is 11.4 Å². The van der Waals surface area contributed by atoms with Gasteiger partial charge < -0.3 is 15.4 Å². The highest BCUT2D eigenvalue weighted by Crippen LogP contribution is 2.29. The van der Waals surface area contributed by atoms with Crippen LogP contribution in [0.2, 0.25) is 5.02 Å². The Morgan fingerprint density at radius 2 is 1.83 bits per heavy atom. The first-order valence-electron chi connectivity index (χ1n) is 6.62. The molecule has 5 nitrogen and oxygen atoms in total. The van der Waals surface area contributed by atoms with Crippen molar-refractivity contribution in [2.45, 2.75) is 6.92 Å². The van der Waals surface area contributed by atoms with Gasteiger partial charge in [-0.2, -0.15) is 0 Å². The lowest BCUT2D eigenvalue weighted by Gasteiger charge is -2.13. The highest BCUT2D eigenvalue weighted by atomic mass is 79.9. The molecule has 2 amide bonds. The molecule has 23 heavy (non-hydrogen) atoms. The fourth-order valence-electron chi connectivity index (χ4n) is 1.96. The number of methoxy groups -OCH3 is 1. The molecule has 7 heteroatoms. The molecule has 0 aliphatic heterocycles. The molecule has 0 fully saturated rings. The molecule has 0 aliphatic rings. The zero-order valence-corrected chi connectivity index (χ0v) is 14.8. The summed E-state index contributed by atoms with van der Waals surface area (Å²) in [4.78, 5) is 23.8. The van der Waals surface area contributed by atoms with Gasteiger partial charge in [-0.15, -0.1) is 0 Å². The molecule has 2 aromatic rings. The van der Waals surface area contributed by atoms with E-state index in [-0.39, 0.29) is 11.8 Å². The van der Waals surface area contributed by atoms with Gasteiger partial charge in [0.1, 0.15) is 5.75 Å². The second kappa shape index (κ2) is 7.48. The summed E-state index contributed by atoms with van der Waals surface area (Å²) in [5.41, 5.74) is 1.31. The van der Waals surface area contributed by atoms with Crippen molar-refractivity contribution in [1.82, 2.24) is 0 Å². The van der Waals surface area contributed by atoms with Gasteiger partial charge in [0.15, 0.2) is 0 Å². The van der Waals surface area contributed by atoms with Crippen LogP contribution in [-0.2, 0) is 4.79 Å². The Balaban J connectivity index is 2.33. The van der Waals surface area contributed by atoms with E-state index in [9.17, 15) is 9.59 Å². The zero-order chi connectivity index (χ0) is 17.0. The Hall–Kier alpha value is -2.05. The highest BCUT2D eigenvalue weighted by molar-refractivity contribution is 9.10. The number of rotatable bonds is 4. The average Bonchev–Trinajstić information content (AvgIpc) is 2.49. The Morgan fingerprint density at radius 3 is 2.48 bits per heavy atom. The van der Waals surface area contributed by atoms with Crippen molar-refractivity contribution in [2.75, 3.05) is 17.7 Å². The van der Waals surface area contributed by atoms with Crippen molar-refractivity contribution in [3.8, 4) is 5.75 Å². The number of hydrogen-bond acceptors (Lipinski definition) is 3. The van der Waals surface area contributed by atoms with Crippen molar-refractivity contribution in [3.05, 3.63) is 51.5 Å². The summed E-state index contributed by atoms with van der Waals surface area (Å²) in [5, 5.41) is 5.90. The van der Waals surface area contributed by atoms with E-state index < -0.39 is 0 Å². The van der Waals surface area contributed by atoms with Gasteiger partial charge in [0.05, 0.1) is 24.0 Å². The molecule has 0 radical (unpaired) electrons. The van der Waals surface area contributed by atoms with Crippen LogP contribution >= 0.6 is 27.5 Å². The molecule has 0 saturated heterocycles. The fraction of sp³-hybridized carbons (Fsp3) is 0.125. The van der Waals surface area contributed by atoms with Gasteiger partial charge in [0, 0.05) is 16.4 Å². The maximum Gasteiger partial charge on any atom is 0.259 e. The lowest BCUT2D eigenvalue weighted by Crippen LogP contribution is -2.16. The van der Waals surface area contributed by atoms with Crippen LogP contribution in [0.25, 0.3) is 0 Å². The largest absolute Gasteiger partial charge is 0.496 e. The van der Waals surface area contributed by atoms with Gasteiger partial charge in [0.2, 0.25) is 5.91 Å². The minimum absolute atomic E-state index is 0.230. The summed E-state index contributed by atoms with van der Waals surface area (Å²) in [7, 11) is 1.46. The standard InChI is InChI=1S/C16H14BrClN2O3/c1-9(21)19-13-6-3-10(17)7-14(13)20-16(22)12-5-4-11(18)8-15(12)23-2/h3-8H,1-2H3,(H,19,21)(H,20,22). The molecule has 0 aliphatic carbocycles. The Morgan fingerprint density at radius 1 is 1.09 bits per heavy atom. The average molecular weight is 398 g/mol. The number of nitrogens with one attached hydrogen (secondary N) is 2. The summed E-state index contributed by atoms with van der Waals surface area (Å²) in [5.74, 6) is -0.235. The summed E-state index contributed by atoms with van der Waals surface area (Å²) >= 11 is 9.24. The first-order chi connectivity index (χ1) is 10.9. The van der Waals surface area contributed by atoms with Crippen LogP contribution in [0.5, 0.6) is 5.75 Å². The van der Waals surface area contributed by atoms with Gasteiger partial charge >= 0.3 is 0 Å². The van der Waals surface area contributed by atoms with Crippen LogP contribution in [0.1, 0.15) is 17.3 Å². The molecule has 0 aromatic heterocycles. The topological polar surface area (TPSA) is 67.4 Å². The second-order valence-corrected chi connectivity index (χ2v) is 6.02. The van der Waals surface area contributed by atoms with Gasteiger partial charge in [0.25, 0.3) is 5.91 Å². The van der Waals surface area contributed by atoms with E-state index in [2.05, 4.69) is 26.6 Å². The predicted octanol–water partition coefficient (Wildman–Crippen LogP) is 4.32. The van der Waals surface area contributed by atoms with Crippen molar-refractivity contribution in [1.29, 1.82) is 0 Å². The number of ether oxygens (including phenoxy) is 1. The van der Waals surface area contributed by atoms with E-state index in [1.54, 1.807) is 36.4 Å². The van der Waals surface area contributed by atoms with Crippen LogP contribution in [-0.4, -0.2) is 18.9 Å². The first kappa shape index (κ1) is 17.3. The SMILES string of the molecule is COc1cc(Cl)ccc1C(=O)Nc1cc(Br)ccc1NC(C)=O. The minimum Gasteiger partial charge on any atom is -0.496 e. The van der Waals surface area contributed by atoms with Gasteiger partial charge in [-0.1, -0.05) is 27.5 Å². The number of benzene rings is 2. The number of amides is 2. The molecular weight excluding hydrogens is 384 g/mol. The van der Waals surface area contributed by atoms with E-state index in [4.69, 9.17) is 16.3 Å². The summed E-state index contributed by atoms with van der Waals surface area (Å²) < 4.78 is 5.95. The Kier molecular flexibility index (Phi) is 5.63. The molecular formula is C16H14BrClN2O3. The van der Waals surface area contributed by atoms with Crippen LogP contribution in [0.3, 0.4) is 0 Å². The molecule has 120 valence electrons. The first-order valence-corrected chi connectivity index (χ1v) is 7.80. The van der Waals surface area contributed by atoms with Crippen molar-refractivity contribution >= 4 is 50.7 Å². The van der Waals surface area contributed by atoms with Crippen molar-refractivity contribution in [3.63, 3.8) is 0 Å². The zero-order valence-electron chi connectivity index (χ0n) is 12.4. The third kappa shape index (κ3) is 4.46. The number of carbonyl (C=O) groups is 2. The third-order valence-corrected chi connectivity index (χ3v) is 3.68.